The number of esters is 1. The zero-order valence-electron chi connectivity index (χ0n) is 13.5. The molecule has 0 unspecified atom stereocenters. The van der Waals surface area contributed by atoms with E-state index in [9.17, 15) is 9.59 Å². The second-order valence-electron chi connectivity index (χ2n) is 5.37. The van der Waals surface area contributed by atoms with Crippen molar-refractivity contribution in [1.29, 1.82) is 0 Å². The van der Waals surface area contributed by atoms with Crippen LogP contribution in [0.5, 0.6) is 0 Å². The highest BCUT2D eigenvalue weighted by Crippen LogP contribution is 2.25. The van der Waals surface area contributed by atoms with Crippen molar-refractivity contribution in [2.24, 2.45) is 0 Å². The van der Waals surface area contributed by atoms with Gasteiger partial charge in [-0.25, -0.2) is 4.98 Å². The third kappa shape index (κ3) is 4.98. The van der Waals surface area contributed by atoms with Gasteiger partial charge < -0.3 is 4.74 Å². The number of carbonyl (C=O) groups excluding carboxylic acids is 2. The van der Waals surface area contributed by atoms with Crippen LogP contribution in [0.2, 0.25) is 0 Å². The van der Waals surface area contributed by atoms with Crippen molar-refractivity contribution in [3.05, 3.63) is 57.6 Å². The number of aryl methyl sites for hydroxylation is 1. The first-order valence-electron chi connectivity index (χ1n) is 7.60. The summed E-state index contributed by atoms with van der Waals surface area (Å²) >= 11 is 2.81. The zero-order valence-corrected chi connectivity index (χ0v) is 15.2. The molecule has 2 heterocycles. The van der Waals surface area contributed by atoms with E-state index < -0.39 is 11.9 Å². The molecular weight excluding hydrogens is 356 g/mol. The largest absolute Gasteiger partial charge is 0.455 e. The molecule has 0 saturated carbocycles. The van der Waals surface area contributed by atoms with Crippen LogP contribution < -0.4 is 5.32 Å². The third-order valence-corrected chi connectivity index (χ3v) is 4.99. The molecule has 0 bridgehead atoms. The van der Waals surface area contributed by atoms with Crippen LogP contribution in [0.3, 0.4) is 0 Å². The highest BCUT2D eigenvalue weighted by Gasteiger charge is 2.11. The van der Waals surface area contributed by atoms with E-state index in [1.165, 1.54) is 28.2 Å². The van der Waals surface area contributed by atoms with E-state index >= 15 is 0 Å². The molecule has 1 amide bonds. The zero-order chi connectivity index (χ0) is 17.6. The van der Waals surface area contributed by atoms with Gasteiger partial charge >= 0.3 is 5.97 Å². The Hall–Kier alpha value is -2.51. The van der Waals surface area contributed by atoms with Gasteiger partial charge in [0.25, 0.3) is 5.91 Å². The minimum Gasteiger partial charge on any atom is -0.455 e. The molecule has 0 radical (unpaired) electrons. The molecule has 5 nitrogen and oxygen atoms in total. The third-order valence-electron chi connectivity index (χ3n) is 3.36. The van der Waals surface area contributed by atoms with E-state index in [0.717, 1.165) is 16.1 Å². The van der Waals surface area contributed by atoms with Crippen LogP contribution in [0.1, 0.15) is 10.4 Å². The first-order valence-corrected chi connectivity index (χ1v) is 9.36. The summed E-state index contributed by atoms with van der Waals surface area (Å²) in [4.78, 5) is 28.9. The second kappa shape index (κ2) is 8.04. The average molecular weight is 372 g/mol. The smallest absolute Gasteiger partial charge is 0.311 e. The number of benzene rings is 1. The molecule has 1 N–H and O–H groups in total. The fourth-order valence-corrected chi connectivity index (χ4v) is 3.52. The van der Waals surface area contributed by atoms with Gasteiger partial charge in [0.15, 0.2) is 11.7 Å². The van der Waals surface area contributed by atoms with Gasteiger partial charge in [0.1, 0.15) is 0 Å². The number of rotatable bonds is 6. The van der Waals surface area contributed by atoms with E-state index in [2.05, 4.69) is 10.3 Å². The van der Waals surface area contributed by atoms with Gasteiger partial charge in [-0.1, -0.05) is 35.9 Å². The van der Waals surface area contributed by atoms with Crippen LogP contribution in [-0.4, -0.2) is 23.5 Å². The number of anilines is 1. The van der Waals surface area contributed by atoms with Gasteiger partial charge in [-0.05, 0) is 18.4 Å². The molecule has 25 heavy (non-hydrogen) atoms. The molecule has 0 saturated heterocycles. The Morgan fingerprint density at radius 1 is 1.16 bits per heavy atom. The quantitative estimate of drug-likeness (QED) is 0.666. The lowest BCUT2D eigenvalue weighted by Gasteiger charge is -2.04. The van der Waals surface area contributed by atoms with Crippen molar-refractivity contribution in [2.45, 2.75) is 13.3 Å². The summed E-state index contributed by atoms with van der Waals surface area (Å²) in [7, 11) is 0. The summed E-state index contributed by atoms with van der Waals surface area (Å²) in [6.45, 7) is 1.71. The van der Waals surface area contributed by atoms with Gasteiger partial charge in [-0.3, -0.25) is 14.9 Å². The maximum Gasteiger partial charge on any atom is 0.311 e. The highest BCUT2D eigenvalue weighted by atomic mass is 32.1. The maximum atomic E-state index is 11.9. The SMILES string of the molecule is Cc1ccc(-c2csc(NC(=O)COC(=O)Cc3cccs3)n2)cc1. The normalized spacial score (nSPS) is 10.4. The minimum absolute atomic E-state index is 0.180. The summed E-state index contributed by atoms with van der Waals surface area (Å²) in [6.07, 6.45) is 0.180. The summed E-state index contributed by atoms with van der Waals surface area (Å²) < 4.78 is 4.99. The molecule has 7 heteroatoms. The number of nitrogens with zero attached hydrogens (tertiary/aromatic N) is 1. The molecule has 0 aliphatic rings. The lowest BCUT2D eigenvalue weighted by Crippen LogP contribution is -2.21. The molecule has 0 fully saturated rings. The topological polar surface area (TPSA) is 68.3 Å². The maximum absolute atomic E-state index is 11.9. The standard InChI is InChI=1S/C18H16N2O3S2/c1-12-4-6-13(7-5-12)15-11-25-18(19-15)20-16(21)10-23-17(22)9-14-3-2-8-24-14/h2-8,11H,9-10H2,1H3,(H,19,20,21). The molecule has 0 atom stereocenters. The highest BCUT2D eigenvalue weighted by molar-refractivity contribution is 7.14. The molecule has 3 rings (SSSR count). The predicted octanol–water partition coefficient (Wildman–Crippen LogP) is 3.90. The van der Waals surface area contributed by atoms with Crippen LogP contribution in [0.4, 0.5) is 5.13 Å². The van der Waals surface area contributed by atoms with Gasteiger partial charge in [0.2, 0.25) is 0 Å². The second-order valence-corrected chi connectivity index (χ2v) is 7.26. The Morgan fingerprint density at radius 3 is 2.68 bits per heavy atom. The number of carbonyl (C=O) groups is 2. The molecule has 128 valence electrons. The lowest BCUT2D eigenvalue weighted by molar-refractivity contribution is -0.146. The lowest BCUT2D eigenvalue weighted by atomic mass is 10.1. The Morgan fingerprint density at radius 2 is 1.96 bits per heavy atom. The van der Waals surface area contributed by atoms with Crippen molar-refractivity contribution in [3.8, 4) is 11.3 Å². The monoisotopic (exact) mass is 372 g/mol. The Bertz CT molecular complexity index is 855. The average Bonchev–Trinajstić information content (AvgIpc) is 3.26. The van der Waals surface area contributed by atoms with Crippen molar-refractivity contribution in [3.63, 3.8) is 0 Å². The molecule has 0 aliphatic carbocycles. The number of aromatic nitrogens is 1. The fourth-order valence-electron chi connectivity index (χ4n) is 2.10. The summed E-state index contributed by atoms with van der Waals surface area (Å²) in [5.74, 6) is -0.818. The Kier molecular flexibility index (Phi) is 5.57. The number of hydrogen-bond donors (Lipinski definition) is 1. The number of thiazole rings is 1. The summed E-state index contributed by atoms with van der Waals surface area (Å²) in [6, 6.07) is 11.7. The van der Waals surface area contributed by atoms with Crippen molar-refractivity contribution in [2.75, 3.05) is 11.9 Å². The Balaban J connectivity index is 1.49. The number of ether oxygens (including phenoxy) is 1. The Labute approximate surface area is 153 Å². The molecule has 3 aromatic rings. The van der Waals surface area contributed by atoms with E-state index in [-0.39, 0.29) is 13.0 Å². The summed E-state index contributed by atoms with van der Waals surface area (Å²) in [5.41, 5.74) is 2.97. The number of nitrogens with one attached hydrogen (secondary N) is 1. The summed E-state index contributed by atoms with van der Waals surface area (Å²) in [5, 5.41) is 6.90. The molecule has 2 aromatic heterocycles. The van der Waals surface area contributed by atoms with Crippen molar-refractivity contribution >= 4 is 39.7 Å². The number of hydrogen-bond acceptors (Lipinski definition) is 6. The van der Waals surface area contributed by atoms with E-state index in [0.29, 0.717) is 5.13 Å². The fraction of sp³-hybridized carbons (Fsp3) is 0.167. The first-order chi connectivity index (χ1) is 12.1. The van der Waals surface area contributed by atoms with Crippen LogP contribution in [0.15, 0.2) is 47.2 Å². The van der Waals surface area contributed by atoms with Crippen LogP contribution in [0, 0.1) is 6.92 Å². The minimum atomic E-state index is -0.419. The van der Waals surface area contributed by atoms with Crippen LogP contribution >= 0.6 is 22.7 Å². The molecule has 0 spiro atoms. The number of amides is 1. The van der Waals surface area contributed by atoms with Crippen molar-refractivity contribution < 1.29 is 14.3 Å². The van der Waals surface area contributed by atoms with Crippen LogP contribution in [0.25, 0.3) is 11.3 Å². The first kappa shape index (κ1) is 17.3. The van der Waals surface area contributed by atoms with Crippen molar-refractivity contribution in [1.82, 2.24) is 4.98 Å². The van der Waals surface area contributed by atoms with Crippen LogP contribution in [-0.2, 0) is 20.7 Å². The van der Waals surface area contributed by atoms with Gasteiger partial charge in [-0.2, -0.15) is 0 Å². The van der Waals surface area contributed by atoms with E-state index in [4.69, 9.17) is 4.74 Å². The number of thiophene rings is 1. The van der Waals surface area contributed by atoms with Gasteiger partial charge in [-0.15, -0.1) is 22.7 Å². The molecular formula is C18H16N2O3S2. The molecule has 0 aliphatic heterocycles. The van der Waals surface area contributed by atoms with Gasteiger partial charge in [0, 0.05) is 15.8 Å². The van der Waals surface area contributed by atoms with Gasteiger partial charge in [0.05, 0.1) is 12.1 Å². The van der Waals surface area contributed by atoms with E-state index in [1.807, 2.05) is 54.1 Å². The molecule has 1 aromatic carbocycles. The van der Waals surface area contributed by atoms with E-state index in [1.54, 1.807) is 0 Å². The predicted molar refractivity (Wildman–Crippen MR) is 99.9 cm³/mol.